The molecule has 0 spiro atoms. The molecule has 9 nitrogen and oxygen atoms in total. The third kappa shape index (κ3) is 5.12. The van der Waals surface area contributed by atoms with E-state index in [9.17, 15) is 24.0 Å². The first-order valence-corrected chi connectivity index (χ1v) is 11.3. The van der Waals surface area contributed by atoms with Crippen molar-refractivity contribution in [1.82, 2.24) is 4.90 Å². The third-order valence-electron chi connectivity index (χ3n) is 5.46. The number of nitrogens with one attached hydrogen (secondary N) is 1. The number of aryl methyl sites for hydroxylation is 1. The molecule has 10 heteroatoms. The van der Waals surface area contributed by atoms with Gasteiger partial charge in [0.05, 0.1) is 24.0 Å². The first kappa shape index (κ1) is 22.9. The molecule has 31 heavy (non-hydrogen) atoms. The summed E-state index contributed by atoms with van der Waals surface area (Å²) in [4.78, 5) is 63.2. The number of esters is 2. The number of carbonyl (C=O) groups excluding carboxylic acids is 5. The van der Waals surface area contributed by atoms with Gasteiger partial charge in [-0.3, -0.25) is 24.1 Å². The number of fused-ring (bicyclic) bond motifs is 1. The molecule has 1 N–H and O–H groups in total. The van der Waals surface area contributed by atoms with Crippen molar-refractivity contribution in [2.24, 2.45) is 11.8 Å². The Hall–Kier alpha value is -2.75. The molecule has 0 aromatic carbocycles. The van der Waals surface area contributed by atoms with Crippen LogP contribution >= 0.6 is 11.3 Å². The second-order valence-corrected chi connectivity index (χ2v) is 8.64. The van der Waals surface area contributed by atoms with E-state index >= 15 is 0 Å². The van der Waals surface area contributed by atoms with Gasteiger partial charge in [-0.1, -0.05) is 19.8 Å². The minimum absolute atomic E-state index is 0.205. The highest BCUT2D eigenvalue weighted by Crippen LogP contribution is 2.37. The molecular weight excluding hydrogens is 424 g/mol. The second kappa shape index (κ2) is 10.0. The number of imide groups is 1. The molecule has 2 aliphatic rings. The standard InChI is InChI=1S/C21H26N2O7S/c1-3-12-9-15(21(28)29-4-2)18(31-12)22-16(24)11-30-17(25)10-23-19(26)13-7-5-6-8-14(13)20(23)27/h9,13-14H,3-8,10-11H2,1-2H3,(H,22,24)/t13-,14+. The molecule has 1 saturated heterocycles. The smallest absolute Gasteiger partial charge is 0.341 e. The van der Waals surface area contributed by atoms with Crippen molar-refractivity contribution in [1.29, 1.82) is 0 Å². The largest absolute Gasteiger partial charge is 0.462 e. The van der Waals surface area contributed by atoms with Crippen LogP contribution < -0.4 is 5.32 Å². The fourth-order valence-electron chi connectivity index (χ4n) is 3.94. The van der Waals surface area contributed by atoms with Crippen molar-refractivity contribution in [2.75, 3.05) is 25.1 Å². The number of amides is 3. The van der Waals surface area contributed by atoms with Gasteiger partial charge in [-0.2, -0.15) is 0 Å². The van der Waals surface area contributed by atoms with E-state index in [-0.39, 0.29) is 35.8 Å². The van der Waals surface area contributed by atoms with E-state index in [1.165, 1.54) is 11.3 Å². The number of anilines is 1. The van der Waals surface area contributed by atoms with Crippen molar-refractivity contribution in [3.05, 3.63) is 16.5 Å². The number of thiophene rings is 1. The van der Waals surface area contributed by atoms with Crippen LogP contribution in [0.2, 0.25) is 0 Å². The maximum atomic E-state index is 12.4. The van der Waals surface area contributed by atoms with Gasteiger partial charge in [0.2, 0.25) is 11.8 Å². The van der Waals surface area contributed by atoms with Crippen LogP contribution in [-0.4, -0.2) is 54.3 Å². The molecule has 2 atom stereocenters. The van der Waals surface area contributed by atoms with Gasteiger partial charge < -0.3 is 14.8 Å². The maximum Gasteiger partial charge on any atom is 0.341 e. The van der Waals surface area contributed by atoms with Gasteiger partial charge in [-0.25, -0.2) is 4.79 Å². The van der Waals surface area contributed by atoms with Crippen LogP contribution in [0.1, 0.15) is 54.8 Å². The summed E-state index contributed by atoms with van der Waals surface area (Å²) in [5, 5.41) is 2.89. The lowest BCUT2D eigenvalue weighted by Crippen LogP contribution is -2.37. The molecule has 2 heterocycles. The van der Waals surface area contributed by atoms with Gasteiger partial charge in [-0.05, 0) is 32.3 Å². The zero-order valence-electron chi connectivity index (χ0n) is 17.6. The minimum Gasteiger partial charge on any atom is -0.462 e. The quantitative estimate of drug-likeness (QED) is 0.476. The van der Waals surface area contributed by atoms with E-state index in [2.05, 4.69) is 5.32 Å². The molecule has 0 unspecified atom stereocenters. The SMILES string of the molecule is CCOC(=O)c1cc(CC)sc1NC(=O)COC(=O)CN1C(=O)[C@H]2CCCC[C@H]2C1=O. The number of carbonyl (C=O) groups is 5. The Balaban J connectivity index is 1.54. The summed E-state index contributed by atoms with van der Waals surface area (Å²) >= 11 is 1.24. The van der Waals surface area contributed by atoms with Crippen molar-refractivity contribution in [3.8, 4) is 0 Å². The van der Waals surface area contributed by atoms with Crippen molar-refractivity contribution >= 4 is 46.0 Å². The van der Waals surface area contributed by atoms with Gasteiger partial charge in [0.25, 0.3) is 5.91 Å². The Kier molecular flexibility index (Phi) is 7.42. The van der Waals surface area contributed by atoms with Gasteiger partial charge in [0.1, 0.15) is 11.5 Å². The Morgan fingerprint density at radius 3 is 2.32 bits per heavy atom. The Labute approximate surface area is 184 Å². The predicted octanol–water partition coefficient (Wildman–Crippen LogP) is 2.14. The normalized spacial score (nSPS) is 20.4. The summed E-state index contributed by atoms with van der Waals surface area (Å²) in [7, 11) is 0. The summed E-state index contributed by atoms with van der Waals surface area (Å²) in [6, 6.07) is 1.66. The molecule has 1 saturated carbocycles. The van der Waals surface area contributed by atoms with Crippen LogP contribution in [0.15, 0.2) is 6.07 Å². The van der Waals surface area contributed by atoms with Gasteiger partial charge >= 0.3 is 11.9 Å². The summed E-state index contributed by atoms with van der Waals surface area (Å²) in [6.45, 7) is 2.73. The monoisotopic (exact) mass is 450 g/mol. The molecular formula is C21H26N2O7S. The van der Waals surface area contributed by atoms with Crippen molar-refractivity contribution < 1.29 is 33.4 Å². The molecule has 0 radical (unpaired) electrons. The predicted molar refractivity (Wildman–Crippen MR) is 111 cm³/mol. The second-order valence-electron chi connectivity index (χ2n) is 7.50. The lowest BCUT2D eigenvalue weighted by atomic mass is 9.81. The lowest BCUT2D eigenvalue weighted by Gasteiger charge is -2.19. The van der Waals surface area contributed by atoms with E-state index in [0.717, 1.165) is 22.6 Å². The lowest BCUT2D eigenvalue weighted by molar-refractivity contribution is -0.154. The highest BCUT2D eigenvalue weighted by molar-refractivity contribution is 7.16. The fourth-order valence-corrected chi connectivity index (χ4v) is 4.94. The zero-order valence-corrected chi connectivity index (χ0v) is 18.4. The van der Waals surface area contributed by atoms with E-state index < -0.39 is 31.0 Å². The number of ether oxygens (including phenoxy) is 2. The number of rotatable bonds is 8. The van der Waals surface area contributed by atoms with Gasteiger partial charge in [0, 0.05) is 4.88 Å². The first-order chi connectivity index (χ1) is 14.8. The Morgan fingerprint density at radius 1 is 1.10 bits per heavy atom. The third-order valence-corrected chi connectivity index (χ3v) is 6.66. The Bertz CT molecular complexity index is 870. The summed E-state index contributed by atoms with van der Waals surface area (Å²) < 4.78 is 9.96. The van der Waals surface area contributed by atoms with Crippen molar-refractivity contribution in [3.63, 3.8) is 0 Å². The summed E-state index contributed by atoms with van der Waals surface area (Å²) in [5.74, 6) is -3.35. The first-order valence-electron chi connectivity index (χ1n) is 10.5. The topological polar surface area (TPSA) is 119 Å². The average Bonchev–Trinajstić information content (AvgIpc) is 3.27. The van der Waals surface area contributed by atoms with E-state index in [1.807, 2.05) is 6.92 Å². The van der Waals surface area contributed by atoms with Gasteiger partial charge in [-0.15, -0.1) is 11.3 Å². The van der Waals surface area contributed by atoms with Gasteiger partial charge in [0.15, 0.2) is 6.61 Å². The average molecular weight is 451 g/mol. The van der Waals surface area contributed by atoms with E-state index in [4.69, 9.17) is 9.47 Å². The molecule has 1 aromatic heterocycles. The van der Waals surface area contributed by atoms with Crippen LogP contribution in [-0.2, 0) is 35.1 Å². The molecule has 3 amide bonds. The number of likely N-dealkylation sites (tertiary alicyclic amines) is 1. The van der Waals surface area contributed by atoms with E-state index in [0.29, 0.717) is 24.3 Å². The van der Waals surface area contributed by atoms with Crippen LogP contribution in [0.5, 0.6) is 0 Å². The number of hydrogen-bond donors (Lipinski definition) is 1. The highest BCUT2D eigenvalue weighted by atomic mass is 32.1. The number of hydrogen-bond acceptors (Lipinski definition) is 8. The maximum absolute atomic E-state index is 12.4. The van der Waals surface area contributed by atoms with Crippen LogP contribution in [0, 0.1) is 11.8 Å². The molecule has 0 bridgehead atoms. The molecule has 1 aromatic rings. The van der Waals surface area contributed by atoms with Crippen LogP contribution in [0.25, 0.3) is 0 Å². The molecule has 2 fully saturated rings. The zero-order chi connectivity index (χ0) is 22.5. The fraction of sp³-hybridized carbons (Fsp3) is 0.571. The minimum atomic E-state index is -0.832. The summed E-state index contributed by atoms with van der Waals surface area (Å²) in [6.07, 6.45) is 3.80. The molecule has 168 valence electrons. The highest BCUT2D eigenvalue weighted by Gasteiger charge is 2.48. The number of nitrogens with zero attached hydrogens (tertiary/aromatic N) is 1. The molecule has 1 aliphatic carbocycles. The summed E-state index contributed by atoms with van der Waals surface area (Å²) in [5.41, 5.74) is 0.249. The van der Waals surface area contributed by atoms with Crippen LogP contribution in [0.4, 0.5) is 5.00 Å². The van der Waals surface area contributed by atoms with E-state index in [1.54, 1.807) is 13.0 Å². The molecule has 3 rings (SSSR count). The van der Waals surface area contributed by atoms with Crippen LogP contribution in [0.3, 0.4) is 0 Å². The Morgan fingerprint density at radius 2 is 1.74 bits per heavy atom. The molecule has 1 aliphatic heterocycles. The van der Waals surface area contributed by atoms with Crippen molar-refractivity contribution in [2.45, 2.75) is 46.0 Å².